The molecule has 1 aliphatic carbocycles. The molecular formula is C27H27N. The van der Waals surface area contributed by atoms with E-state index in [0.29, 0.717) is 0 Å². The molecule has 0 atom stereocenters. The molecule has 1 heteroatoms. The van der Waals surface area contributed by atoms with Gasteiger partial charge in [-0.15, -0.1) is 0 Å². The first-order valence-electron chi connectivity index (χ1n) is 9.95. The van der Waals surface area contributed by atoms with Crippen molar-refractivity contribution in [1.82, 2.24) is 4.98 Å². The summed E-state index contributed by atoms with van der Waals surface area (Å²) in [6.07, 6.45) is 15.8. The number of nitrogens with zero attached hydrogens (tertiary/aromatic N) is 1. The fourth-order valence-corrected chi connectivity index (χ4v) is 3.58. The molecule has 1 heterocycles. The maximum Gasteiger partial charge on any atom is 0.0780 e. The number of allylic oxidation sites excluding steroid dienone is 5. The molecule has 3 aromatic rings. The van der Waals surface area contributed by atoms with Crippen LogP contribution < -0.4 is 10.4 Å². The van der Waals surface area contributed by atoms with Crippen LogP contribution in [0.25, 0.3) is 35.2 Å². The van der Waals surface area contributed by atoms with Crippen molar-refractivity contribution < 1.29 is 0 Å². The number of pyridine rings is 1. The van der Waals surface area contributed by atoms with Crippen molar-refractivity contribution in [2.75, 3.05) is 0 Å². The second kappa shape index (κ2) is 9.14. The lowest BCUT2D eigenvalue weighted by Crippen LogP contribution is -2.30. The standard InChI is InChI=1S/C25H21N.C2H6/c1-3-4-11-21-18(2)25-24(12-8-17-26-25)23-16-14-20(13-15-22(21)23)19-9-6-5-7-10-19;1-2/h3-14,16-17H,2,15H2,1H3;1-2H3/b4-3-,21-11+;. The van der Waals surface area contributed by atoms with Gasteiger partial charge in [0.1, 0.15) is 0 Å². The van der Waals surface area contributed by atoms with Crippen LogP contribution in [0.2, 0.25) is 0 Å². The van der Waals surface area contributed by atoms with Crippen molar-refractivity contribution in [1.29, 1.82) is 0 Å². The van der Waals surface area contributed by atoms with Crippen LogP contribution in [0.5, 0.6) is 0 Å². The van der Waals surface area contributed by atoms with Crippen LogP contribution in [0.4, 0.5) is 0 Å². The van der Waals surface area contributed by atoms with Crippen molar-refractivity contribution >= 4 is 35.2 Å². The minimum Gasteiger partial charge on any atom is -0.256 e. The van der Waals surface area contributed by atoms with Crippen molar-refractivity contribution in [2.24, 2.45) is 0 Å². The van der Waals surface area contributed by atoms with E-state index in [2.05, 4.69) is 78.3 Å². The molecule has 1 aliphatic rings. The number of rotatable bonds is 2. The summed E-state index contributed by atoms with van der Waals surface area (Å²) in [5, 5.41) is 3.35. The molecule has 0 aliphatic heterocycles. The molecular weight excluding hydrogens is 338 g/mol. The Morgan fingerprint density at radius 1 is 1.00 bits per heavy atom. The van der Waals surface area contributed by atoms with Crippen LogP contribution in [0.15, 0.2) is 73.0 Å². The van der Waals surface area contributed by atoms with E-state index in [1.165, 1.54) is 32.9 Å². The van der Waals surface area contributed by atoms with Gasteiger partial charge in [0.05, 0.1) is 5.52 Å². The Morgan fingerprint density at radius 3 is 2.54 bits per heavy atom. The molecule has 2 aromatic carbocycles. The van der Waals surface area contributed by atoms with Gasteiger partial charge in [0.2, 0.25) is 0 Å². The van der Waals surface area contributed by atoms with Gasteiger partial charge in [-0.2, -0.15) is 0 Å². The highest BCUT2D eigenvalue weighted by Crippen LogP contribution is 2.26. The molecule has 1 aromatic heterocycles. The summed E-state index contributed by atoms with van der Waals surface area (Å²) in [4.78, 5) is 4.61. The van der Waals surface area contributed by atoms with E-state index in [1.807, 2.05) is 39.1 Å². The molecule has 0 bridgehead atoms. The highest BCUT2D eigenvalue weighted by molar-refractivity contribution is 5.93. The third-order valence-corrected chi connectivity index (χ3v) is 4.88. The van der Waals surface area contributed by atoms with Gasteiger partial charge >= 0.3 is 0 Å². The number of aromatic nitrogens is 1. The van der Waals surface area contributed by atoms with Gasteiger partial charge in [-0.3, -0.25) is 4.98 Å². The smallest absolute Gasteiger partial charge is 0.0780 e. The van der Waals surface area contributed by atoms with Crippen molar-refractivity contribution in [3.8, 4) is 0 Å². The average molecular weight is 366 g/mol. The zero-order chi connectivity index (χ0) is 19.9. The van der Waals surface area contributed by atoms with Gasteiger partial charge < -0.3 is 0 Å². The zero-order valence-corrected chi connectivity index (χ0v) is 16.9. The summed E-state index contributed by atoms with van der Waals surface area (Å²) in [5.41, 5.74) is 6.04. The topological polar surface area (TPSA) is 12.9 Å². The van der Waals surface area contributed by atoms with Gasteiger partial charge in [0.15, 0.2) is 0 Å². The number of fused-ring (bicyclic) bond motifs is 3. The molecule has 0 unspecified atom stereocenters. The Kier molecular flexibility index (Phi) is 6.39. The van der Waals surface area contributed by atoms with Gasteiger partial charge in [-0.1, -0.05) is 93.3 Å². The van der Waals surface area contributed by atoms with Gasteiger partial charge in [-0.05, 0) is 46.9 Å². The molecule has 140 valence electrons. The summed E-state index contributed by atoms with van der Waals surface area (Å²) in [6, 6.07) is 14.7. The quantitative estimate of drug-likeness (QED) is 0.569. The second-order valence-corrected chi connectivity index (χ2v) is 6.44. The van der Waals surface area contributed by atoms with Gasteiger partial charge in [0.25, 0.3) is 0 Å². The Labute approximate surface area is 167 Å². The van der Waals surface area contributed by atoms with Crippen LogP contribution in [0.3, 0.4) is 0 Å². The molecule has 1 nitrogen and oxygen atoms in total. The van der Waals surface area contributed by atoms with Crippen LogP contribution in [-0.4, -0.2) is 4.98 Å². The van der Waals surface area contributed by atoms with E-state index in [-0.39, 0.29) is 0 Å². The first-order valence-corrected chi connectivity index (χ1v) is 9.95. The van der Waals surface area contributed by atoms with E-state index in [0.717, 1.165) is 17.2 Å². The Morgan fingerprint density at radius 2 is 1.79 bits per heavy atom. The van der Waals surface area contributed by atoms with Crippen LogP contribution in [-0.2, 0) is 6.42 Å². The highest BCUT2D eigenvalue weighted by Gasteiger charge is 2.12. The molecule has 28 heavy (non-hydrogen) atoms. The van der Waals surface area contributed by atoms with E-state index in [1.54, 1.807) is 0 Å². The summed E-state index contributed by atoms with van der Waals surface area (Å²) >= 11 is 0. The second-order valence-electron chi connectivity index (χ2n) is 6.44. The third-order valence-electron chi connectivity index (χ3n) is 4.88. The summed E-state index contributed by atoms with van der Waals surface area (Å²) < 4.78 is 0. The van der Waals surface area contributed by atoms with Gasteiger partial charge in [0, 0.05) is 16.8 Å². The monoisotopic (exact) mass is 365 g/mol. The molecule has 4 rings (SSSR count). The Hall–Kier alpha value is -3.19. The third kappa shape index (κ3) is 3.75. The zero-order valence-electron chi connectivity index (χ0n) is 16.9. The number of hydrogen-bond acceptors (Lipinski definition) is 1. The summed E-state index contributed by atoms with van der Waals surface area (Å²) in [7, 11) is 0. The minimum atomic E-state index is 0.878. The van der Waals surface area contributed by atoms with E-state index < -0.39 is 0 Å². The fraction of sp³-hybridized carbons (Fsp3) is 0.148. The molecule has 0 saturated carbocycles. The molecule has 0 saturated heterocycles. The fourth-order valence-electron chi connectivity index (χ4n) is 3.58. The van der Waals surface area contributed by atoms with E-state index in [4.69, 9.17) is 0 Å². The lowest BCUT2D eigenvalue weighted by molar-refractivity contribution is 1.23. The highest BCUT2D eigenvalue weighted by atomic mass is 14.6. The Balaban J connectivity index is 0.00000109. The Bertz CT molecular complexity index is 1160. The number of hydrogen-bond donors (Lipinski definition) is 0. The minimum absolute atomic E-state index is 0.878. The molecule has 0 spiro atoms. The molecule has 0 radical (unpaired) electrons. The first-order chi connectivity index (χ1) is 13.8. The van der Waals surface area contributed by atoms with Crippen LogP contribution in [0.1, 0.15) is 37.5 Å². The predicted molar refractivity (Wildman–Crippen MR) is 124 cm³/mol. The van der Waals surface area contributed by atoms with Gasteiger partial charge in [-0.25, -0.2) is 0 Å². The van der Waals surface area contributed by atoms with Crippen LogP contribution in [0, 0.1) is 0 Å². The van der Waals surface area contributed by atoms with Crippen molar-refractivity contribution in [3.05, 3.63) is 100 Å². The van der Waals surface area contributed by atoms with Crippen molar-refractivity contribution in [2.45, 2.75) is 27.2 Å². The molecule has 0 N–H and O–H groups in total. The van der Waals surface area contributed by atoms with Crippen LogP contribution >= 0.6 is 0 Å². The lowest BCUT2D eigenvalue weighted by Gasteiger charge is -2.10. The summed E-state index contributed by atoms with van der Waals surface area (Å²) in [5.74, 6) is 0. The molecule has 0 amide bonds. The number of benzene rings is 2. The largest absolute Gasteiger partial charge is 0.256 e. The first kappa shape index (κ1) is 19.6. The molecule has 0 fully saturated rings. The maximum absolute atomic E-state index is 4.61. The van der Waals surface area contributed by atoms with Crippen molar-refractivity contribution in [3.63, 3.8) is 0 Å². The normalized spacial score (nSPS) is 13.7. The predicted octanol–water partition coefficient (Wildman–Crippen LogP) is 5.68. The van der Waals surface area contributed by atoms with E-state index in [9.17, 15) is 0 Å². The maximum atomic E-state index is 4.61. The lowest BCUT2D eigenvalue weighted by atomic mass is 9.95. The van der Waals surface area contributed by atoms with E-state index >= 15 is 0 Å². The SMILES string of the molecule is C=c1/c(=C\C=C/C)c2c(c3cccnc13)C=CC(c1ccccc1)=CC2.CC. The average Bonchev–Trinajstić information content (AvgIpc) is 2.99. The summed E-state index contributed by atoms with van der Waals surface area (Å²) in [6.45, 7) is 10.4.